The quantitative estimate of drug-likeness (QED) is 0.848. The minimum Gasteiger partial charge on any atom is -0.375 e. The Morgan fingerprint density at radius 3 is 2.89 bits per heavy atom. The van der Waals surface area contributed by atoms with E-state index in [-0.39, 0.29) is 5.60 Å². The summed E-state index contributed by atoms with van der Waals surface area (Å²) in [6, 6.07) is 1.57. The van der Waals surface area contributed by atoms with Crippen molar-refractivity contribution in [2.45, 2.75) is 64.1 Å². The summed E-state index contributed by atoms with van der Waals surface area (Å²) in [5.74, 6) is 1.81. The number of rotatable bonds is 3. The molecular weight excluding hydrogens is 236 g/mol. The largest absolute Gasteiger partial charge is 0.375 e. The molecule has 3 fully saturated rings. The Balaban J connectivity index is 1.71. The molecule has 0 saturated carbocycles. The molecule has 0 aromatic rings. The van der Waals surface area contributed by atoms with Gasteiger partial charge >= 0.3 is 0 Å². The van der Waals surface area contributed by atoms with Gasteiger partial charge in [0.2, 0.25) is 0 Å². The van der Waals surface area contributed by atoms with Crippen LogP contribution in [-0.4, -0.2) is 48.8 Å². The van der Waals surface area contributed by atoms with Crippen molar-refractivity contribution in [3.05, 3.63) is 0 Å². The lowest BCUT2D eigenvalue weighted by atomic mass is 9.88. The second kappa shape index (κ2) is 5.34. The van der Waals surface area contributed by atoms with Crippen LogP contribution in [0.5, 0.6) is 0 Å². The van der Waals surface area contributed by atoms with Crippen LogP contribution in [0.2, 0.25) is 0 Å². The average Bonchev–Trinajstić information content (AvgIpc) is 2.98. The van der Waals surface area contributed by atoms with Crippen molar-refractivity contribution in [2.24, 2.45) is 11.8 Å². The van der Waals surface area contributed by atoms with Crippen LogP contribution in [0.15, 0.2) is 0 Å². The molecule has 3 heteroatoms. The zero-order valence-corrected chi connectivity index (χ0v) is 12.8. The zero-order chi connectivity index (χ0) is 13.5. The van der Waals surface area contributed by atoms with Crippen molar-refractivity contribution in [1.29, 1.82) is 0 Å². The summed E-state index contributed by atoms with van der Waals surface area (Å²) < 4.78 is 6.03. The molecule has 0 bridgehead atoms. The Kier molecular flexibility index (Phi) is 3.89. The van der Waals surface area contributed by atoms with E-state index < -0.39 is 0 Å². The lowest BCUT2D eigenvalue weighted by Crippen LogP contribution is -2.50. The van der Waals surface area contributed by atoms with E-state index in [9.17, 15) is 0 Å². The minimum atomic E-state index is 0.122. The molecule has 3 rings (SSSR count). The van der Waals surface area contributed by atoms with Crippen molar-refractivity contribution in [1.82, 2.24) is 10.2 Å². The molecule has 0 aromatic carbocycles. The van der Waals surface area contributed by atoms with E-state index in [1.165, 1.54) is 38.9 Å². The number of fused-ring (bicyclic) bond motifs is 1. The van der Waals surface area contributed by atoms with E-state index in [1.54, 1.807) is 0 Å². The summed E-state index contributed by atoms with van der Waals surface area (Å²) in [6.45, 7) is 11.7. The molecule has 0 aromatic heterocycles. The van der Waals surface area contributed by atoms with Crippen molar-refractivity contribution < 1.29 is 4.74 Å². The summed E-state index contributed by atoms with van der Waals surface area (Å²) in [6.07, 6.45) is 4.91. The fourth-order valence-electron chi connectivity index (χ4n) is 4.64. The first-order valence-electron chi connectivity index (χ1n) is 8.27. The summed E-state index contributed by atoms with van der Waals surface area (Å²) in [7, 11) is 0. The van der Waals surface area contributed by atoms with Crippen molar-refractivity contribution >= 4 is 0 Å². The normalized spacial score (nSPS) is 47.5. The Bertz CT molecular complexity index is 322. The van der Waals surface area contributed by atoms with Gasteiger partial charge in [0.15, 0.2) is 0 Å². The van der Waals surface area contributed by atoms with Crippen LogP contribution in [0.25, 0.3) is 0 Å². The monoisotopic (exact) mass is 266 g/mol. The van der Waals surface area contributed by atoms with Crippen LogP contribution in [0.4, 0.5) is 0 Å². The molecule has 0 spiro atoms. The molecule has 3 saturated heterocycles. The first-order valence-corrected chi connectivity index (χ1v) is 8.27. The topological polar surface area (TPSA) is 24.5 Å². The number of hydrogen-bond acceptors (Lipinski definition) is 3. The Hall–Kier alpha value is -0.120. The Morgan fingerprint density at radius 2 is 2.16 bits per heavy atom. The highest BCUT2D eigenvalue weighted by atomic mass is 16.5. The molecule has 3 aliphatic rings. The Morgan fingerprint density at radius 1 is 1.32 bits per heavy atom. The van der Waals surface area contributed by atoms with Gasteiger partial charge in [-0.1, -0.05) is 13.8 Å². The highest BCUT2D eigenvalue weighted by Crippen LogP contribution is 2.40. The minimum absolute atomic E-state index is 0.122. The molecule has 110 valence electrons. The second-order valence-electron chi connectivity index (χ2n) is 7.05. The SMILES string of the molecule is CCC1C2CNCC2CN1C1CCOC(C)(CC)C1. The van der Waals surface area contributed by atoms with E-state index in [0.29, 0.717) is 0 Å². The third kappa shape index (κ3) is 2.45. The van der Waals surface area contributed by atoms with Gasteiger partial charge in [-0.05, 0) is 57.5 Å². The van der Waals surface area contributed by atoms with Gasteiger partial charge in [-0.25, -0.2) is 0 Å². The van der Waals surface area contributed by atoms with E-state index in [0.717, 1.165) is 36.9 Å². The van der Waals surface area contributed by atoms with Gasteiger partial charge in [-0.2, -0.15) is 0 Å². The first-order chi connectivity index (χ1) is 9.17. The molecule has 0 aliphatic carbocycles. The fraction of sp³-hybridized carbons (Fsp3) is 1.00. The van der Waals surface area contributed by atoms with Crippen LogP contribution >= 0.6 is 0 Å². The number of ether oxygens (including phenoxy) is 1. The maximum Gasteiger partial charge on any atom is 0.0666 e. The number of hydrogen-bond donors (Lipinski definition) is 1. The first kappa shape index (κ1) is 13.8. The van der Waals surface area contributed by atoms with E-state index in [1.807, 2.05) is 0 Å². The molecule has 19 heavy (non-hydrogen) atoms. The number of likely N-dealkylation sites (tertiary alicyclic amines) is 1. The van der Waals surface area contributed by atoms with Gasteiger partial charge in [-0.15, -0.1) is 0 Å². The second-order valence-corrected chi connectivity index (χ2v) is 7.05. The van der Waals surface area contributed by atoms with Crippen molar-refractivity contribution in [2.75, 3.05) is 26.2 Å². The maximum absolute atomic E-state index is 6.03. The smallest absolute Gasteiger partial charge is 0.0666 e. The van der Waals surface area contributed by atoms with Gasteiger partial charge in [-0.3, -0.25) is 4.90 Å². The van der Waals surface area contributed by atoms with Gasteiger partial charge in [0.25, 0.3) is 0 Å². The number of nitrogens with one attached hydrogen (secondary N) is 1. The zero-order valence-electron chi connectivity index (χ0n) is 12.8. The Labute approximate surface area is 118 Å². The predicted octanol–water partition coefficient (Wildman–Crippen LogP) is 2.26. The third-order valence-corrected chi connectivity index (χ3v) is 5.96. The van der Waals surface area contributed by atoms with Crippen LogP contribution in [-0.2, 0) is 4.74 Å². The van der Waals surface area contributed by atoms with Gasteiger partial charge < -0.3 is 10.1 Å². The van der Waals surface area contributed by atoms with Crippen LogP contribution in [0, 0.1) is 11.8 Å². The van der Waals surface area contributed by atoms with Crippen LogP contribution in [0.3, 0.4) is 0 Å². The molecule has 0 radical (unpaired) electrons. The predicted molar refractivity (Wildman–Crippen MR) is 78.3 cm³/mol. The number of nitrogens with zero attached hydrogens (tertiary/aromatic N) is 1. The standard InChI is InChI=1S/C16H30N2O/c1-4-15-14-10-17-9-12(14)11-18(15)13-6-7-19-16(3,5-2)8-13/h12-15,17H,4-11H2,1-3H3. The van der Waals surface area contributed by atoms with E-state index >= 15 is 0 Å². The van der Waals surface area contributed by atoms with Crippen molar-refractivity contribution in [3.8, 4) is 0 Å². The van der Waals surface area contributed by atoms with Gasteiger partial charge in [0.05, 0.1) is 5.60 Å². The maximum atomic E-state index is 6.03. The summed E-state index contributed by atoms with van der Waals surface area (Å²) >= 11 is 0. The highest BCUT2D eigenvalue weighted by molar-refractivity contribution is 5.01. The average molecular weight is 266 g/mol. The molecule has 1 N–H and O–H groups in total. The van der Waals surface area contributed by atoms with Gasteiger partial charge in [0, 0.05) is 25.2 Å². The molecule has 3 heterocycles. The fourth-order valence-corrected chi connectivity index (χ4v) is 4.64. The molecule has 5 atom stereocenters. The van der Waals surface area contributed by atoms with Gasteiger partial charge in [0.1, 0.15) is 0 Å². The lowest BCUT2D eigenvalue weighted by molar-refractivity contribution is -0.0994. The van der Waals surface area contributed by atoms with Crippen LogP contribution in [0.1, 0.15) is 46.5 Å². The third-order valence-electron chi connectivity index (χ3n) is 5.96. The molecular formula is C16H30N2O. The molecule has 5 unspecified atom stereocenters. The lowest BCUT2D eigenvalue weighted by Gasteiger charge is -2.44. The molecule has 3 nitrogen and oxygen atoms in total. The molecule has 3 aliphatic heterocycles. The van der Waals surface area contributed by atoms with Crippen molar-refractivity contribution in [3.63, 3.8) is 0 Å². The van der Waals surface area contributed by atoms with Crippen LogP contribution < -0.4 is 5.32 Å². The summed E-state index contributed by atoms with van der Waals surface area (Å²) in [4.78, 5) is 2.85. The highest BCUT2D eigenvalue weighted by Gasteiger charge is 2.47. The summed E-state index contributed by atoms with van der Waals surface area (Å²) in [5.41, 5.74) is 0.122. The van der Waals surface area contributed by atoms with E-state index in [2.05, 4.69) is 31.0 Å². The molecule has 0 amide bonds. The summed E-state index contributed by atoms with van der Waals surface area (Å²) in [5, 5.41) is 3.59. The van der Waals surface area contributed by atoms with E-state index in [4.69, 9.17) is 4.74 Å².